The van der Waals surface area contributed by atoms with Gasteiger partial charge < -0.3 is 20.1 Å². The Morgan fingerprint density at radius 2 is 2.15 bits per heavy atom. The highest BCUT2D eigenvalue weighted by molar-refractivity contribution is 5.74. The third-order valence-corrected chi connectivity index (χ3v) is 3.56. The van der Waals surface area contributed by atoms with Crippen molar-refractivity contribution >= 4 is 6.03 Å². The summed E-state index contributed by atoms with van der Waals surface area (Å²) in [6, 6.07) is 9.42. The molecule has 5 nitrogen and oxygen atoms in total. The maximum Gasteiger partial charge on any atom is 0.320 e. The minimum Gasteiger partial charge on any atom is -0.473 e. The highest BCUT2D eigenvalue weighted by Gasteiger charge is 2.25. The van der Waals surface area contributed by atoms with E-state index in [-0.39, 0.29) is 25.4 Å². The van der Waals surface area contributed by atoms with Crippen LogP contribution in [0.5, 0.6) is 5.75 Å². The minimum atomic E-state index is -0.112. The van der Waals surface area contributed by atoms with Crippen molar-refractivity contribution in [1.29, 1.82) is 0 Å². The van der Waals surface area contributed by atoms with Gasteiger partial charge in [-0.2, -0.15) is 0 Å². The molecule has 0 spiro atoms. The third kappa shape index (κ3) is 4.13. The van der Waals surface area contributed by atoms with Crippen LogP contribution in [-0.2, 0) is 0 Å². The Balaban J connectivity index is 1.78. The normalized spacial score (nSPS) is 18.6. The van der Waals surface area contributed by atoms with Gasteiger partial charge in [0.2, 0.25) is 0 Å². The summed E-state index contributed by atoms with van der Waals surface area (Å²) in [5, 5.41) is 11.8. The fraction of sp³-hybridized carbons (Fsp3) is 0.533. The zero-order valence-corrected chi connectivity index (χ0v) is 11.6. The number of amides is 2. The lowest BCUT2D eigenvalue weighted by Crippen LogP contribution is -2.49. The SMILES string of the molecule is O=C(NCOc1ccccc1)N1CCCCC1CCO. The molecule has 0 bridgehead atoms. The zero-order chi connectivity index (χ0) is 14.2. The monoisotopic (exact) mass is 278 g/mol. The molecule has 1 atom stereocenters. The van der Waals surface area contributed by atoms with Crippen LogP contribution in [-0.4, -0.2) is 42.0 Å². The first-order valence-corrected chi connectivity index (χ1v) is 7.14. The molecule has 1 aromatic rings. The molecule has 5 heteroatoms. The predicted octanol–water partition coefficient (Wildman–Crippen LogP) is 1.97. The van der Waals surface area contributed by atoms with Crippen LogP contribution in [0.2, 0.25) is 0 Å². The Bertz CT molecular complexity index is 409. The Hall–Kier alpha value is -1.75. The van der Waals surface area contributed by atoms with Crippen LogP contribution in [0.4, 0.5) is 4.79 Å². The van der Waals surface area contributed by atoms with Gasteiger partial charge in [-0.3, -0.25) is 0 Å². The predicted molar refractivity (Wildman–Crippen MR) is 76.5 cm³/mol. The number of hydrogen-bond acceptors (Lipinski definition) is 3. The van der Waals surface area contributed by atoms with Crippen molar-refractivity contribution in [2.24, 2.45) is 0 Å². The Labute approximate surface area is 119 Å². The fourth-order valence-electron chi connectivity index (χ4n) is 2.52. The maximum absolute atomic E-state index is 12.1. The maximum atomic E-state index is 12.1. The number of urea groups is 1. The standard InChI is InChI=1S/C15H22N2O3/c18-11-9-13-6-4-5-10-17(13)15(19)16-12-20-14-7-2-1-3-8-14/h1-3,7-8,13,18H,4-6,9-12H2,(H,16,19). The molecule has 2 N–H and O–H groups in total. The van der Waals surface area contributed by atoms with Gasteiger partial charge in [0.1, 0.15) is 5.75 Å². The number of carbonyl (C=O) groups excluding carboxylic acids is 1. The van der Waals surface area contributed by atoms with Gasteiger partial charge >= 0.3 is 6.03 Å². The van der Waals surface area contributed by atoms with E-state index >= 15 is 0 Å². The molecule has 110 valence electrons. The lowest BCUT2D eigenvalue weighted by Gasteiger charge is -2.35. The van der Waals surface area contributed by atoms with Gasteiger partial charge in [0.15, 0.2) is 6.73 Å². The average Bonchev–Trinajstić information content (AvgIpc) is 2.49. The summed E-state index contributed by atoms with van der Waals surface area (Å²) in [6.45, 7) is 1.03. The van der Waals surface area contributed by atoms with E-state index in [1.54, 1.807) is 0 Å². The molecule has 2 rings (SSSR count). The number of nitrogens with zero attached hydrogens (tertiary/aromatic N) is 1. The van der Waals surface area contributed by atoms with E-state index in [0.717, 1.165) is 31.6 Å². The highest BCUT2D eigenvalue weighted by atomic mass is 16.5. The molecular formula is C15H22N2O3. The molecule has 1 aliphatic heterocycles. The van der Waals surface area contributed by atoms with Crippen LogP contribution in [0, 0.1) is 0 Å². The summed E-state index contributed by atoms with van der Waals surface area (Å²) in [5.74, 6) is 0.735. The number of hydrogen-bond donors (Lipinski definition) is 2. The highest BCUT2D eigenvalue weighted by Crippen LogP contribution is 2.19. The smallest absolute Gasteiger partial charge is 0.320 e. The lowest BCUT2D eigenvalue weighted by atomic mass is 10.0. The molecule has 1 aromatic carbocycles. The average molecular weight is 278 g/mol. The van der Waals surface area contributed by atoms with Crippen molar-refractivity contribution < 1.29 is 14.6 Å². The number of aliphatic hydroxyl groups is 1. The number of ether oxygens (including phenoxy) is 1. The van der Waals surface area contributed by atoms with E-state index in [0.29, 0.717) is 6.42 Å². The Morgan fingerprint density at radius 1 is 1.35 bits per heavy atom. The minimum absolute atomic E-state index is 0.112. The van der Waals surface area contributed by atoms with Gasteiger partial charge in [0, 0.05) is 19.2 Å². The van der Waals surface area contributed by atoms with E-state index < -0.39 is 0 Å². The molecule has 2 amide bonds. The Morgan fingerprint density at radius 3 is 2.90 bits per heavy atom. The number of carbonyl (C=O) groups is 1. The molecule has 0 saturated carbocycles. The van der Waals surface area contributed by atoms with E-state index in [2.05, 4.69) is 5.32 Å². The van der Waals surface area contributed by atoms with Crippen molar-refractivity contribution in [3.05, 3.63) is 30.3 Å². The second-order valence-corrected chi connectivity index (χ2v) is 4.94. The zero-order valence-electron chi connectivity index (χ0n) is 11.6. The summed E-state index contributed by atoms with van der Waals surface area (Å²) in [6.07, 6.45) is 3.75. The number of para-hydroxylation sites is 1. The topological polar surface area (TPSA) is 61.8 Å². The van der Waals surface area contributed by atoms with Gasteiger partial charge in [0.25, 0.3) is 0 Å². The summed E-state index contributed by atoms with van der Waals surface area (Å²) >= 11 is 0. The van der Waals surface area contributed by atoms with Crippen LogP contribution in [0.25, 0.3) is 0 Å². The first-order chi connectivity index (χ1) is 9.81. The van der Waals surface area contributed by atoms with Gasteiger partial charge in [-0.25, -0.2) is 4.79 Å². The second kappa shape index (κ2) is 7.75. The van der Waals surface area contributed by atoms with Crippen LogP contribution in [0.15, 0.2) is 30.3 Å². The molecule has 1 fully saturated rings. The van der Waals surface area contributed by atoms with Crippen LogP contribution < -0.4 is 10.1 Å². The van der Waals surface area contributed by atoms with E-state index in [1.807, 2.05) is 35.2 Å². The molecule has 0 radical (unpaired) electrons. The summed E-state index contributed by atoms with van der Waals surface area (Å²) in [7, 11) is 0. The van der Waals surface area contributed by atoms with Crippen molar-refractivity contribution in [3.8, 4) is 5.75 Å². The quantitative estimate of drug-likeness (QED) is 0.809. The van der Waals surface area contributed by atoms with Crippen molar-refractivity contribution in [3.63, 3.8) is 0 Å². The first-order valence-electron chi connectivity index (χ1n) is 7.14. The number of likely N-dealkylation sites (tertiary alicyclic amines) is 1. The molecular weight excluding hydrogens is 256 g/mol. The van der Waals surface area contributed by atoms with Crippen molar-refractivity contribution in [2.75, 3.05) is 19.9 Å². The van der Waals surface area contributed by atoms with Gasteiger partial charge in [-0.1, -0.05) is 18.2 Å². The summed E-state index contributed by atoms with van der Waals surface area (Å²) in [4.78, 5) is 13.9. The second-order valence-electron chi connectivity index (χ2n) is 4.94. The van der Waals surface area contributed by atoms with Crippen molar-refractivity contribution in [1.82, 2.24) is 10.2 Å². The summed E-state index contributed by atoms with van der Waals surface area (Å²) < 4.78 is 5.45. The molecule has 0 aromatic heterocycles. The molecule has 1 heterocycles. The molecule has 1 saturated heterocycles. The van der Waals surface area contributed by atoms with Crippen LogP contribution in [0.1, 0.15) is 25.7 Å². The fourth-order valence-corrected chi connectivity index (χ4v) is 2.52. The molecule has 0 aliphatic carbocycles. The first kappa shape index (κ1) is 14.7. The van der Waals surface area contributed by atoms with Crippen molar-refractivity contribution in [2.45, 2.75) is 31.7 Å². The number of rotatable bonds is 5. The number of aliphatic hydroxyl groups excluding tert-OH is 1. The Kier molecular flexibility index (Phi) is 5.68. The largest absolute Gasteiger partial charge is 0.473 e. The van der Waals surface area contributed by atoms with Gasteiger partial charge in [0.05, 0.1) is 0 Å². The number of benzene rings is 1. The molecule has 20 heavy (non-hydrogen) atoms. The number of piperidine rings is 1. The van der Waals surface area contributed by atoms with Gasteiger partial charge in [-0.15, -0.1) is 0 Å². The van der Waals surface area contributed by atoms with Crippen LogP contribution in [0.3, 0.4) is 0 Å². The van der Waals surface area contributed by atoms with Crippen LogP contribution >= 0.6 is 0 Å². The third-order valence-electron chi connectivity index (χ3n) is 3.56. The molecule has 1 aliphatic rings. The van der Waals surface area contributed by atoms with E-state index in [1.165, 1.54) is 0 Å². The lowest BCUT2D eigenvalue weighted by molar-refractivity contribution is 0.126. The number of nitrogens with one attached hydrogen (secondary N) is 1. The summed E-state index contributed by atoms with van der Waals surface area (Å²) in [5.41, 5.74) is 0. The van der Waals surface area contributed by atoms with E-state index in [4.69, 9.17) is 9.84 Å². The van der Waals surface area contributed by atoms with Gasteiger partial charge in [-0.05, 0) is 37.8 Å². The van der Waals surface area contributed by atoms with E-state index in [9.17, 15) is 4.79 Å². The molecule has 1 unspecified atom stereocenters.